The van der Waals surface area contributed by atoms with Crippen molar-refractivity contribution in [1.29, 1.82) is 0 Å². The number of nitrogens with zero attached hydrogens (tertiary/aromatic N) is 2. The van der Waals surface area contributed by atoms with Crippen molar-refractivity contribution in [2.75, 3.05) is 13.6 Å². The molecule has 0 aromatic heterocycles. The average Bonchev–Trinajstić information content (AvgIpc) is 2.78. The Kier molecular flexibility index (Phi) is 5.55. The normalized spacial score (nSPS) is 31.7. The number of carbonyl (C=O) groups excluding carboxylic acids is 3. The Morgan fingerprint density at radius 3 is 2.37 bits per heavy atom. The van der Waals surface area contributed by atoms with E-state index in [0.29, 0.717) is 18.8 Å². The van der Waals surface area contributed by atoms with Crippen LogP contribution in [-0.4, -0.2) is 52.8 Å². The van der Waals surface area contributed by atoms with Crippen LogP contribution >= 0.6 is 0 Å². The van der Waals surface area contributed by atoms with Gasteiger partial charge in [0.25, 0.3) is 5.91 Å². The molecule has 2 aliphatic carbocycles. The lowest BCUT2D eigenvalue weighted by molar-refractivity contribution is -0.141. The Hall–Kier alpha value is -1.59. The number of rotatable bonds is 3. The van der Waals surface area contributed by atoms with Crippen LogP contribution in [-0.2, 0) is 9.59 Å². The van der Waals surface area contributed by atoms with Gasteiger partial charge in [-0.25, -0.2) is 4.79 Å². The second kappa shape index (κ2) is 7.44. The standard InChI is InChI=1S/C21H35N3O3/c1-15-11-20(2,3)14-21(12-15)18(26)24(19(27)22-21)13-17(25)23(4)16-9-7-5-6-8-10-16/h15-16H,5-14H2,1-4H3,(H,22,27). The highest BCUT2D eigenvalue weighted by molar-refractivity contribution is 6.09. The zero-order chi connectivity index (χ0) is 19.8. The number of hydrogen-bond acceptors (Lipinski definition) is 3. The topological polar surface area (TPSA) is 69.7 Å². The van der Waals surface area contributed by atoms with Gasteiger partial charge in [-0.1, -0.05) is 46.5 Å². The quantitative estimate of drug-likeness (QED) is 0.606. The van der Waals surface area contributed by atoms with Gasteiger partial charge in [0.05, 0.1) is 0 Å². The molecule has 6 nitrogen and oxygen atoms in total. The first kappa shape index (κ1) is 20.2. The fourth-order valence-electron chi connectivity index (χ4n) is 5.75. The van der Waals surface area contributed by atoms with E-state index in [2.05, 4.69) is 26.1 Å². The van der Waals surface area contributed by atoms with E-state index in [1.807, 2.05) is 7.05 Å². The smallest absolute Gasteiger partial charge is 0.325 e. The van der Waals surface area contributed by atoms with Crippen molar-refractivity contribution in [3.05, 3.63) is 0 Å². The number of carbonyl (C=O) groups is 3. The summed E-state index contributed by atoms with van der Waals surface area (Å²) in [6, 6.07) is -0.184. The summed E-state index contributed by atoms with van der Waals surface area (Å²) in [5.41, 5.74) is -0.836. The third-order valence-electron chi connectivity index (χ3n) is 6.68. The van der Waals surface area contributed by atoms with Gasteiger partial charge in [-0.05, 0) is 43.4 Å². The summed E-state index contributed by atoms with van der Waals surface area (Å²) in [7, 11) is 1.82. The molecule has 3 rings (SSSR count). The molecule has 0 bridgehead atoms. The highest BCUT2D eigenvalue weighted by Gasteiger charge is 2.56. The summed E-state index contributed by atoms with van der Waals surface area (Å²) in [6.45, 7) is 6.29. The van der Waals surface area contributed by atoms with Gasteiger partial charge in [-0.2, -0.15) is 0 Å². The van der Waals surface area contributed by atoms with Gasteiger partial charge >= 0.3 is 6.03 Å². The van der Waals surface area contributed by atoms with E-state index in [0.717, 1.165) is 37.0 Å². The number of urea groups is 1. The zero-order valence-electron chi connectivity index (χ0n) is 17.3. The van der Waals surface area contributed by atoms with Gasteiger partial charge in [-0.3, -0.25) is 14.5 Å². The summed E-state index contributed by atoms with van der Waals surface area (Å²) in [5, 5.41) is 2.96. The van der Waals surface area contributed by atoms with Crippen LogP contribution in [0.4, 0.5) is 4.79 Å². The van der Waals surface area contributed by atoms with Crippen molar-refractivity contribution < 1.29 is 14.4 Å². The number of amides is 4. The molecule has 3 fully saturated rings. The molecule has 6 heteroatoms. The van der Waals surface area contributed by atoms with Crippen LogP contribution in [0.1, 0.15) is 78.6 Å². The third-order valence-corrected chi connectivity index (χ3v) is 6.68. The minimum absolute atomic E-state index is 0.00222. The maximum Gasteiger partial charge on any atom is 0.325 e. The fraction of sp³-hybridized carbons (Fsp3) is 0.857. The molecule has 3 aliphatic rings. The van der Waals surface area contributed by atoms with Crippen molar-refractivity contribution in [3.63, 3.8) is 0 Å². The molecule has 2 saturated carbocycles. The Bertz CT molecular complexity index is 610. The SMILES string of the molecule is CC1CC(C)(C)CC2(C1)NC(=O)N(CC(=O)N(C)C1CCCCCC1)C2=O. The molecule has 152 valence electrons. The lowest BCUT2D eigenvalue weighted by Crippen LogP contribution is -2.54. The van der Waals surface area contributed by atoms with E-state index in [1.165, 1.54) is 12.8 Å². The zero-order valence-corrected chi connectivity index (χ0v) is 17.3. The van der Waals surface area contributed by atoms with Crippen LogP contribution in [0.15, 0.2) is 0 Å². The molecule has 0 aromatic rings. The highest BCUT2D eigenvalue weighted by atomic mass is 16.2. The molecule has 2 unspecified atom stereocenters. The van der Waals surface area contributed by atoms with E-state index >= 15 is 0 Å². The second-order valence-corrected chi connectivity index (χ2v) is 9.91. The second-order valence-electron chi connectivity index (χ2n) is 9.91. The Balaban J connectivity index is 1.69. The molecular formula is C21H35N3O3. The maximum atomic E-state index is 13.2. The Morgan fingerprint density at radius 2 is 1.78 bits per heavy atom. The summed E-state index contributed by atoms with van der Waals surface area (Å²) in [5.74, 6) is 0.0163. The lowest BCUT2D eigenvalue weighted by Gasteiger charge is -2.43. The van der Waals surface area contributed by atoms with E-state index in [9.17, 15) is 14.4 Å². The molecule has 1 saturated heterocycles. The van der Waals surface area contributed by atoms with Crippen LogP contribution in [0.2, 0.25) is 0 Å². The molecule has 2 atom stereocenters. The van der Waals surface area contributed by atoms with E-state index in [-0.39, 0.29) is 29.8 Å². The Morgan fingerprint density at radius 1 is 1.15 bits per heavy atom. The number of hydrogen-bond donors (Lipinski definition) is 1. The predicted octanol–water partition coefficient (Wildman–Crippen LogP) is 3.30. The van der Waals surface area contributed by atoms with Crippen molar-refractivity contribution in [2.45, 2.75) is 90.1 Å². The number of imide groups is 1. The average molecular weight is 378 g/mol. The third kappa shape index (κ3) is 4.14. The summed E-state index contributed by atoms with van der Waals surface area (Å²) < 4.78 is 0. The summed E-state index contributed by atoms with van der Waals surface area (Å²) >= 11 is 0. The van der Waals surface area contributed by atoms with E-state index < -0.39 is 11.6 Å². The van der Waals surface area contributed by atoms with Gasteiger partial charge in [0.15, 0.2) is 0 Å². The minimum Gasteiger partial charge on any atom is -0.341 e. The van der Waals surface area contributed by atoms with Gasteiger partial charge in [0, 0.05) is 13.1 Å². The minimum atomic E-state index is -0.834. The van der Waals surface area contributed by atoms with E-state index in [1.54, 1.807) is 4.90 Å². The summed E-state index contributed by atoms with van der Waals surface area (Å²) in [4.78, 5) is 41.5. The molecule has 4 amide bonds. The monoisotopic (exact) mass is 377 g/mol. The molecule has 1 N–H and O–H groups in total. The van der Waals surface area contributed by atoms with Crippen LogP contribution in [0, 0.1) is 11.3 Å². The molecule has 0 radical (unpaired) electrons. The van der Waals surface area contributed by atoms with Crippen molar-refractivity contribution >= 4 is 17.8 Å². The molecule has 1 spiro atoms. The van der Waals surface area contributed by atoms with Crippen LogP contribution in [0.5, 0.6) is 0 Å². The van der Waals surface area contributed by atoms with Gasteiger partial charge in [0.1, 0.15) is 12.1 Å². The largest absolute Gasteiger partial charge is 0.341 e. The van der Waals surface area contributed by atoms with E-state index in [4.69, 9.17) is 0 Å². The number of likely N-dealkylation sites (N-methyl/N-ethyl adjacent to an activating group) is 1. The van der Waals surface area contributed by atoms with Crippen molar-refractivity contribution in [3.8, 4) is 0 Å². The highest BCUT2D eigenvalue weighted by Crippen LogP contribution is 2.46. The predicted molar refractivity (Wildman–Crippen MR) is 104 cm³/mol. The van der Waals surface area contributed by atoms with Crippen LogP contribution in [0.25, 0.3) is 0 Å². The van der Waals surface area contributed by atoms with Gasteiger partial charge in [0.2, 0.25) is 5.91 Å². The van der Waals surface area contributed by atoms with Crippen LogP contribution in [0.3, 0.4) is 0 Å². The first-order chi connectivity index (χ1) is 12.6. The molecule has 1 aliphatic heterocycles. The molecule has 27 heavy (non-hydrogen) atoms. The van der Waals surface area contributed by atoms with Crippen molar-refractivity contribution in [1.82, 2.24) is 15.1 Å². The molecule has 0 aromatic carbocycles. The number of nitrogens with one attached hydrogen (secondary N) is 1. The fourth-order valence-corrected chi connectivity index (χ4v) is 5.75. The molecule has 1 heterocycles. The first-order valence-electron chi connectivity index (χ1n) is 10.5. The van der Waals surface area contributed by atoms with Gasteiger partial charge in [-0.15, -0.1) is 0 Å². The summed E-state index contributed by atoms with van der Waals surface area (Å²) in [6.07, 6.45) is 9.09. The maximum absolute atomic E-state index is 13.2. The first-order valence-corrected chi connectivity index (χ1v) is 10.5. The van der Waals surface area contributed by atoms with Crippen molar-refractivity contribution in [2.24, 2.45) is 11.3 Å². The Labute approximate surface area is 163 Å². The van der Waals surface area contributed by atoms with Gasteiger partial charge < -0.3 is 10.2 Å². The lowest BCUT2D eigenvalue weighted by atomic mass is 9.64. The molecular weight excluding hydrogens is 342 g/mol. The van der Waals surface area contributed by atoms with Crippen LogP contribution < -0.4 is 5.32 Å².